The first-order valence-corrected chi connectivity index (χ1v) is 6.20. The molecule has 0 amide bonds. The van der Waals surface area contributed by atoms with Gasteiger partial charge >= 0.3 is 0 Å². The molecule has 0 unspecified atom stereocenters. The summed E-state index contributed by atoms with van der Waals surface area (Å²) in [6.07, 6.45) is 0. The van der Waals surface area contributed by atoms with Crippen LogP contribution in [0, 0.1) is 6.92 Å². The fraction of sp³-hybridized carbons (Fsp3) is 0.125. The summed E-state index contributed by atoms with van der Waals surface area (Å²) in [6.45, 7) is 2.09. The Morgan fingerprint density at radius 2 is 1.95 bits per heavy atom. The number of nitrogens with two attached hydrogens (primary N) is 1. The lowest BCUT2D eigenvalue weighted by Crippen LogP contribution is -1.91. The summed E-state index contributed by atoms with van der Waals surface area (Å²) < 4.78 is 5.24. The summed E-state index contributed by atoms with van der Waals surface area (Å²) in [5, 5.41) is 1.09. The smallest absolute Gasteiger partial charge is 0.143 e. The zero-order valence-electron chi connectivity index (χ0n) is 11.0. The predicted molar refractivity (Wildman–Crippen MR) is 79.4 cm³/mol. The summed E-state index contributed by atoms with van der Waals surface area (Å²) in [4.78, 5) is 3.41. The maximum Gasteiger partial charge on any atom is 0.143 e. The number of aromatic nitrogens is 1. The van der Waals surface area contributed by atoms with Gasteiger partial charge in [0.15, 0.2) is 0 Å². The Balaban J connectivity index is 2.16. The van der Waals surface area contributed by atoms with E-state index in [9.17, 15) is 0 Å². The van der Waals surface area contributed by atoms with E-state index in [0.29, 0.717) is 11.4 Å². The lowest BCUT2D eigenvalue weighted by molar-refractivity contribution is 0.417. The largest absolute Gasteiger partial charge is 0.495 e. The molecule has 0 saturated carbocycles. The van der Waals surface area contributed by atoms with Crippen LogP contribution in [0.1, 0.15) is 5.56 Å². The van der Waals surface area contributed by atoms with Crippen LogP contribution in [0.15, 0.2) is 42.5 Å². The standard InChI is InChI=1S/C16H16N2O/c1-10-4-3-5-11(6-10)14-8-12-7-13(17)16(19-2)9-15(12)18-14/h3-9,18H,17H2,1-2H3. The molecule has 96 valence electrons. The second-order valence-corrected chi connectivity index (χ2v) is 4.73. The molecular formula is C16H16N2O. The van der Waals surface area contributed by atoms with Crippen LogP contribution in [0.4, 0.5) is 5.69 Å². The van der Waals surface area contributed by atoms with Gasteiger partial charge in [-0.2, -0.15) is 0 Å². The third-order valence-corrected chi connectivity index (χ3v) is 3.30. The van der Waals surface area contributed by atoms with Gasteiger partial charge in [0.05, 0.1) is 12.8 Å². The fourth-order valence-corrected chi connectivity index (χ4v) is 2.32. The number of ether oxygens (including phenoxy) is 1. The Morgan fingerprint density at radius 3 is 2.68 bits per heavy atom. The highest BCUT2D eigenvalue weighted by Gasteiger charge is 2.07. The van der Waals surface area contributed by atoms with Gasteiger partial charge in [0, 0.05) is 22.7 Å². The number of aromatic amines is 1. The minimum Gasteiger partial charge on any atom is -0.495 e. The number of anilines is 1. The highest BCUT2D eigenvalue weighted by molar-refractivity contribution is 5.90. The van der Waals surface area contributed by atoms with Gasteiger partial charge in [0.1, 0.15) is 5.75 Å². The molecule has 3 N–H and O–H groups in total. The molecule has 0 atom stereocenters. The average Bonchev–Trinajstić information content (AvgIpc) is 2.80. The second kappa shape index (κ2) is 4.35. The zero-order valence-corrected chi connectivity index (χ0v) is 11.0. The van der Waals surface area contributed by atoms with E-state index in [1.54, 1.807) is 7.11 Å². The molecule has 0 fully saturated rings. The Labute approximate surface area is 112 Å². The minimum atomic E-state index is 0.657. The Hall–Kier alpha value is -2.42. The summed E-state index contributed by atoms with van der Waals surface area (Å²) in [5.41, 5.74) is 11.1. The van der Waals surface area contributed by atoms with Gasteiger partial charge in [-0.1, -0.05) is 23.8 Å². The van der Waals surface area contributed by atoms with Crippen LogP contribution in [-0.2, 0) is 0 Å². The third kappa shape index (κ3) is 2.03. The Kier molecular flexibility index (Phi) is 2.67. The minimum absolute atomic E-state index is 0.657. The number of H-pyrrole nitrogens is 1. The summed E-state index contributed by atoms with van der Waals surface area (Å²) in [5.74, 6) is 0.699. The van der Waals surface area contributed by atoms with E-state index in [1.807, 2.05) is 12.1 Å². The van der Waals surface area contributed by atoms with Crippen LogP contribution in [0.5, 0.6) is 5.75 Å². The van der Waals surface area contributed by atoms with Gasteiger partial charge in [-0.05, 0) is 30.7 Å². The fourth-order valence-electron chi connectivity index (χ4n) is 2.32. The van der Waals surface area contributed by atoms with Gasteiger partial charge in [-0.3, -0.25) is 0 Å². The molecule has 0 aliphatic heterocycles. The molecule has 0 saturated heterocycles. The summed E-state index contributed by atoms with van der Waals surface area (Å²) >= 11 is 0. The van der Waals surface area contributed by atoms with E-state index >= 15 is 0 Å². The van der Waals surface area contributed by atoms with Gasteiger partial charge in [0.2, 0.25) is 0 Å². The van der Waals surface area contributed by atoms with Crippen LogP contribution >= 0.6 is 0 Å². The summed E-state index contributed by atoms with van der Waals surface area (Å²) in [6, 6.07) is 14.4. The maximum atomic E-state index is 5.93. The Morgan fingerprint density at radius 1 is 1.11 bits per heavy atom. The highest BCUT2D eigenvalue weighted by atomic mass is 16.5. The van der Waals surface area contributed by atoms with Crippen molar-refractivity contribution < 1.29 is 4.74 Å². The first-order valence-electron chi connectivity index (χ1n) is 6.20. The topological polar surface area (TPSA) is 51.0 Å². The van der Waals surface area contributed by atoms with Gasteiger partial charge in [-0.15, -0.1) is 0 Å². The van der Waals surface area contributed by atoms with Crippen LogP contribution in [0.3, 0.4) is 0 Å². The number of aryl methyl sites for hydroxylation is 1. The second-order valence-electron chi connectivity index (χ2n) is 4.73. The molecule has 3 heteroatoms. The van der Waals surface area contributed by atoms with E-state index in [4.69, 9.17) is 10.5 Å². The van der Waals surface area contributed by atoms with E-state index in [0.717, 1.165) is 16.6 Å². The number of hydrogen-bond donors (Lipinski definition) is 2. The molecule has 1 heterocycles. The van der Waals surface area contributed by atoms with Crippen molar-refractivity contribution in [3.05, 3.63) is 48.0 Å². The number of rotatable bonds is 2. The van der Waals surface area contributed by atoms with E-state index in [2.05, 4.69) is 42.2 Å². The molecule has 19 heavy (non-hydrogen) atoms. The quantitative estimate of drug-likeness (QED) is 0.683. The van der Waals surface area contributed by atoms with Gasteiger partial charge in [-0.25, -0.2) is 0 Å². The molecule has 2 aromatic carbocycles. The van der Waals surface area contributed by atoms with Crippen LogP contribution < -0.4 is 10.5 Å². The van der Waals surface area contributed by atoms with Crippen molar-refractivity contribution in [2.24, 2.45) is 0 Å². The maximum absolute atomic E-state index is 5.93. The van der Waals surface area contributed by atoms with Crippen LogP contribution in [0.25, 0.3) is 22.2 Å². The molecule has 0 bridgehead atoms. The normalized spacial score (nSPS) is 10.8. The highest BCUT2D eigenvalue weighted by Crippen LogP contribution is 2.31. The number of fused-ring (bicyclic) bond motifs is 1. The molecule has 1 aromatic heterocycles. The lowest BCUT2D eigenvalue weighted by Gasteiger charge is -2.03. The molecular weight excluding hydrogens is 236 g/mol. The molecule has 0 aliphatic carbocycles. The third-order valence-electron chi connectivity index (χ3n) is 3.30. The van der Waals surface area contributed by atoms with Crippen molar-refractivity contribution in [2.75, 3.05) is 12.8 Å². The first kappa shape index (κ1) is 11.7. The van der Waals surface area contributed by atoms with E-state index < -0.39 is 0 Å². The predicted octanol–water partition coefficient (Wildman–Crippen LogP) is 3.73. The number of nitrogens with one attached hydrogen (secondary N) is 1. The van der Waals surface area contributed by atoms with Gasteiger partial charge in [0.25, 0.3) is 0 Å². The van der Waals surface area contributed by atoms with Crippen LogP contribution in [0.2, 0.25) is 0 Å². The number of benzene rings is 2. The Bertz CT molecular complexity index is 744. The lowest BCUT2D eigenvalue weighted by atomic mass is 10.1. The molecule has 0 spiro atoms. The zero-order chi connectivity index (χ0) is 13.4. The molecule has 3 rings (SSSR count). The van der Waals surface area contributed by atoms with Crippen LogP contribution in [-0.4, -0.2) is 12.1 Å². The van der Waals surface area contributed by atoms with Crippen molar-refractivity contribution in [3.8, 4) is 17.0 Å². The monoisotopic (exact) mass is 252 g/mol. The summed E-state index contributed by atoms with van der Waals surface area (Å²) in [7, 11) is 1.63. The number of methoxy groups -OCH3 is 1. The van der Waals surface area contributed by atoms with Crippen molar-refractivity contribution in [1.29, 1.82) is 0 Å². The van der Waals surface area contributed by atoms with Crippen molar-refractivity contribution >= 4 is 16.6 Å². The number of hydrogen-bond acceptors (Lipinski definition) is 2. The van der Waals surface area contributed by atoms with Gasteiger partial charge < -0.3 is 15.5 Å². The SMILES string of the molecule is COc1cc2[nH]c(-c3cccc(C)c3)cc2cc1N. The van der Waals surface area contributed by atoms with Crippen molar-refractivity contribution in [2.45, 2.75) is 6.92 Å². The van der Waals surface area contributed by atoms with Crippen molar-refractivity contribution in [1.82, 2.24) is 4.98 Å². The molecule has 3 aromatic rings. The first-order chi connectivity index (χ1) is 9.17. The van der Waals surface area contributed by atoms with E-state index in [-0.39, 0.29) is 0 Å². The molecule has 0 radical (unpaired) electrons. The average molecular weight is 252 g/mol. The van der Waals surface area contributed by atoms with Crippen molar-refractivity contribution in [3.63, 3.8) is 0 Å². The molecule has 0 aliphatic rings. The van der Waals surface area contributed by atoms with E-state index in [1.165, 1.54) is 11.1 Å². The number of nitrogen functional groups attached to an aromatic ring is 1. The molecule has 3 nitrogen and oxygen atoms in total.